The first kappa shape index (κ1) is 18.4. The number of aliphatic hydroxyl groups excluding tert-OH is 2. The fraction of sp³-hybridized carbons (Fsp3) is 0.571. The average Bonchev–Trinajstić information content (AvgIpc) is 3.14. The maximum absolute atomic E-state index is 10.7. The molecule has 1 aliphatic heterocycles. The summed E-state index contributed by atoms with van der Waals surface area (Å²) in [6.07, 6.45) is 0.121. The number of fused-ring (bicyclic) bond motifs is 1. The van der Waals surface area contributed by atoms with E-state index in [9.17, 15) is 10.00 Å². The van der Waals surface area contributed by atoms with Gasteiger partial charge in [0.25, 0.3) is 0 Å². The summed E-state index contributed by atoms with van der Waals surface area (Å²) in [7, 11) is -0.484. The lowest BCUT2D eigenvalue weighted by Crippen LogP contribution is -2.46. The number of methoxy groups -OCH3 is 1. The molecule has 0 saturated carbocycles. The van der Waals surface area contributed by atoms with Crippen LogP contribution >= 0.6 is 8.38 Å². The lowest BCUT2D eigenvalue weighted by atomic mass is 9.96. The standard InChI is InChI=1S/C14H21N4O6P/c1-14(22-2)10(20)9(5-23-25(21)7-19)24-13(14)18-4-3-8-11(15)16-6-17-12(8)18/h3-4,6,9-10,13,19-21H,5,7H2,1-2H3,(H2,15,16,17)/t9-,10?,13-,14-,25?/m1/s1. The number of ether oxygens (including phenoxy) is 2. The van der Waals surface area contributed by atoms with E-state index in [2.05, 4.69) is 9.97 Å². The van der Waals surface area contributed by atoms with E-state index in [0.717, 1.165) is 0 Å². The van der Waals surface area contributed by atoms with Gasteiger partial charge in [0, 0.05) is 13.3 Å². The molecule has 25 heavy (non-hydrogen) atoms. The molecule has 1 fully saturated rings. The summed E-state index contributed by atoms with van der Waals surface area (Å²) in [4.78, 5) is 17.6. The minimum atomic E-state index is -1.96. The molecule has 1 aliphatic rings. The van der Waals surface area contributed by atoms with Gasteiger partial charge in [-0.25, -0.2) is 9.97 Å². The third-order valence-corrected chi connectivity index (χ3v) is 5.16. The molecular formula is C14H21N4O6P. The van der Waals surface area contributed by atoms with Crippen molar-refractivity contribution in [2.45, 2.75) is 31.0 Å². The van der Waals surface area contributed by atoms with Crippen LogP contribution in [0.4, 0.5) is 5.82 Å². The molecule has 5 atom stereocenters. The van der Waals surface area contributed by atoms with Crippen molar-refractivity contribution in [2.75, 3.05) is 25.8 Å². The zero-order chi connectivity index (χ0) is 18.2. The monoisotopic (exact) mass is 372 g/mol. The van der Waals surface area contributed by atoms with Crippen LogP contribution in [0.15, 0.2) is 18.6 Å². The number of nitrogen functional groups attached to an aromatic ring is 1. The minimum absolute atomic E-state index is 0.0876. The molecule has 2 unspecified atom stereocenters. The van der Waals surface area contributed by atoms with Crippen LogP contribution in [-0.4, -0.2) is 67.5 Å². The van der Waals surface area contributed by atoms with Gasteiger partial charge in [0.2, 0.25) is 0 Å². The number of nitrogens with zero attached hydrogens (tertiary/aromatic N) is 3. The lowest BCUT2D eigenvalue weighted by molar-refractivity contribution is -0.118. The Kier molecular flexibility index (Phi) is 5.21. The number of hydrogen-bond donors (Lipinski definition) is 4. The number of hydrogen-bond acceptors (Lipinski definition) is 9. The van der Waals surface area contributed by atoms with Gasteiger partial charge in [-0.2, -0.15) is 0 Å². The van der Waals surface area contributed by atoms with E-state index in [1.54, 1.807) is 23.8 Å². The second kappa shape index (κ2) is 7.08. The van der Waals surface area contributed by atoms with Crippen molar-refractivity contribution in [2.24, 2.45) is 0 Å². The summed E-state index contributed by atoms with van der Waals surface area (Å²) >= 11 is 0. The molecule has 10 nitrogen and oxygen atoms in total. The van der Waals surface area contributed by atoms with E-state index in [1.807, 2.05) is 0 Å². The molecule has 0 amide bonds. The van der Waals surface area contributed by atoms with E-state index in [1.165, 1.54) is 13.4 Å². The molecule has 0 aromatic carbocycles. The van der Waals surface area contributed by atoms with Gasteiger partial charge in [-0.05, 0) is 13.0 Å². The van der Waals surface area contributed by atoms with Gasteiger partial charge in [0.1, 0.15) is 41.9 Å². The summed E-state index contributed by atoms with van der Waals surface area (Å²) in [5, 5.41) is 20.2. The van der Waals surface area contributed by atoms with Crippen LogP contribution in [0.1, 0.15) is 13.2 Å². The number of anilines is 1. The Morgan fingerprint density at radius 3 is 2.92 bits per heavy atom. The third kappa shape index (κ3) is 3.11. The largest absolute Gasteiger partial charge is 0.387 e. The Morgan fingerprint density at radius 1 is 1.48 bits per heavy atom. The Bertz CT molecular complexity index is 745. The zero-order valence-electron chi connectivity index (χ0n) is 13.8. The summed E-state index contributed by atoms with van der Waals surface area (Å²) in [6, 6.07) is 1.76. The van der Waals surface area contributed by atoms with E-state index in [4.69, 9.17) is 24.8 Å². The highest BCUT2D eigenvalue weighted by atomic mass is 31.2. The van der Waals surface area contributed by atoms with E-state index >= 15 is 0 Å². The first-order valence-corrected chi connectivity index (χ1v) is 8.98. The average molecular weight is 372 g/mol. The number of rotatable bonds is 6. The fourth-order valence-corrected chi connectivity index (χ4v) is 3.36. The molecule has 3 heterocycles. The van der Waals surface area contributed by atoms with Gasteiger partial charge in [0.05, 0.1) is 12.0 Å². The minimum Gasteiger partial charge on any atom is -0.387 e. The summed E-state index contributed by atoms with van der Waals surface area (Å²) in [5.74, 6) is 0.343. The van der Waals surface area contributed by atoms with E-state index < -0.39 is 38.8 Å². The van der Waals surface area contributed by atoms with Gasteiger partial charge in [0.15, 0.2) is 14.6 Å². The number of nitrogens with two attached hydrogens (primary N) is 1. The molecule has 0 spiro atoms. The van der Waals surface area contributed by atoms with Crippen LogP contribution < -0.4 is 5.73 Å². The molecule has 1 saturated heterocycles. The van der Waals surface area contributed by atoms with Crippen molar-refractivity contribution in [1.29, 1.82) is 0 Å². The topological polar surface area (TPSA) is 145 Å². The van der Waals surface area contributed by atoms with Crippen LogP contribution in [0, 0.1) is 0 Å². The van der Waals surface area contributed by atoms with Crippen LogP contribution in [-0.2, 0) is 14.0 Å². The first-order chi connectivity index (χ1) is 11.9. The van der Waals surface area contributed by atoms with Gasteiger partial charge in [-0.3, -0.25) is 0 Å². The smallest absolute Gasteiger partial charge is 0.195 e. The van der Waals surface area contributed by atoms with Crippen molar-refractivity contribution in [3.8, 4) is 0 Å². The molecule has 0 radical (unpaired) electrons. The summed E-state index contributed by atoms with van der Waals surface area (Å²) in [6.45, 7) is 1.63. The Hall–Kier alpha value is -1.39. The maximum Gasteiger partial charge on any atom is 0.195 e. The normalized spacial score (nSPS) is 30.8. The predicted molar refractivity (Wildman–Crippen MR) is 89.4 cm³/mol. The Labute approximate surface area is 145 Å². The molecular weight excluding hydrogens is 351 g/mol. The number of aliphatic hydroxyl groups is 2. The van der Waals surface area contributed by atoms with Crippen molar-refractivity contribution in [1.82, 2.24) is 14.5 Å². The summed E-state index contributed by atoms with van der Waals surface area (Å²) in [5.41, 5.74) is 5.33. The van der Waals surface area contributed by atoms with Crippen LogP contribution in [0.25, 0.3) is 11.0 Å². The van der Waals surface area contributed by atoms with Crippen molar-refractivity contribution >= 4 is 25.2 Å². The van der Waals surface area contributed by atoms with Gasteiger partial charge in [-0.15, -0.1) is 0 Å². The van der Waals surface area contributed by atoms with Gasteiger partial charge >= 0.3 is 0 Å². The van der Waals surface area contributed by atoms with Gasteiger partial charge in [-0.1, -0.05) is 0 Å². The Balaban J connectivity index is 1.92. The first-order valence-electron chi connectivity index (χ1n) is 7.58. The molecule has 138 valence electrons. The molecule has 2 aromatic heterocycles. The van der Waals surface area contributed by atoms with Crippen molar-refractivity contribution < 1.29 is 29.1 Å². The maximum atomic E-state index is 10.7. The van der Waals surface area contributed by atoms with E-state index in [-0.39, 0.29) is 6.61 Å². The number of aromatic nitrogens is 3. The molecule has 11 heteroatoms. The molecule has 3 rings (SSSR count). The van der Waals surface area contributed by atoms with E-state index in [0.29, 0.717) is 16.9 Å². The summed E-state index contributed by atoms with van der Waals surface area (Å²) < 4.78 is 18.4. The highest BCUT2D eigenvalue weighted by Crippen LogP contribution is 2.43. The SMILES string of the molecule is CO[C@]1(C)C(O)[C@@H](COP(O)CO)O[C@H]1n1ccc2c(N)ncnc21. The van der Waals surface area contributed by atoms with Crippen molar-refractivity contribution in [3.63, 3.8) is 0 Å². The highest BCUT2D eigenvalue weighted by Gasteiger charge is 2.55. The third-order valence-electron chi connectivity index (χ3n) is 4.47. The lowest BCUT2D eigenvalue weighted by Gasteiger charge is -2.31. The van der Waals surface area contributed by atoms with Crippen molar-refractivity contribution in [3.05, 3.63) is 18.6 Å². The zero-order valence-corrected chi connectivity index (χ0v) is 14.7. The van der Waals surface area contributed by atoms with Crippen LogP contribution in [0.3, 0.4) is 0 Å². The van der Waals surface area contributed by atoms with Crippen LogP contribution in [0.2, 0.25) is 0 Å². The van der Waals surface area contributed by atoms with Gasteiger partial charge < -0.3 is 39.4 Å². The molecule has 0 bridgehead atoms. The Morgan fingerprint density at radius 2 is 2.24 bits per heavy atom. The molecule has 0 aliphatic carbocycles. The molecule has 2 aromatic rings. The fourth-order valence-electron chi connectivity index (χ4n) is 2.96. The second-order valence-corrected chi connectivity index (χ2v) is 7.11. The predicted octanol–water partition coefficient (Wildman–Crippen LogP) is -0.0525. The van der Waals surface area contributed by atoms with Crippen LogP contribution in [0.5, 0.6) is 0 Å². The quantitative estimate of drug-likeness (QED) is 0.513. The second-order valence-electron chi connectivity index (χ2n) is 5.87. The highest BCUT2D eigenvalue weighted by molar-refractivity contribution is 7.45. The molecule has 5 N–H and O–H groups in total.